The minimum Gasteiger partial charge on any atom is -0.353 e. The highest BCUT2D eigenvalue weighted by molar-refractivity contribution is 9.10. The van der Waals surface area contributed by atoms with Crippen LogP contribution in [-0.4, -0.2) is 42.1 Å². The predicted octanol–water partition coefficient (Wildman–Crippen LogP) is 4.76. The van der Waals surface area contributed by atoms with Crippen LogP contribution >= 0.6 is 15.9 Å². The maximum atomic E-state index is 14.2. The fourth-order valence-electron chi connectivity index (χ4n) is 2.47. The van der Waals surface area contributed by atoms with Gasteiger partial charge in [-0.05, 0) is 32.3 Å². The Labute approximate surface area is 166 Å². The summed E-state index contributed by atoms with van der Waals surface area (Å²) in [7, 11) is 4.01. The number of nitrogens with one attached hydrogen (secondary N) is 2. The van der Waals surface area contributed by atoms with Crippen molar-refractivity contribution in [3.63, 3.8) is 0 Å². The van der Waals surface area contributed by atoms with Crippen molar-refractivity contribution < 1.29 is 4.39 Å². The summed E-state index contributed by atoms with van der Waals surface area (Å²) in [4.78, 5) is 11.2. The molecule has 5 nitrogen and oxygen atoms in total. The molecule has 0 aliphatic heterocycles. The maximum Gasteiger partial charge on any atom is 0.225 e. The highest BCUT2D eigenvalue weighted by Crippen LogP contribution is 2.26. The van der Waals surface area contributed by atoms with Gasteiger partial charge in [0.2, 0.25) is 5.95 Å². The van der Waals surface area contributed by atoms with Crippen LogP contribution in [0.15, 0.2) is 59.1 Å². The Balaban J connectivity index is 1.91. The van der Waals surface area contributed by atoms with Gasteiger partial charge in [0.1, 0.15) is 11.6 Å². The summed E-state index contributed by atoms with van der Waals surface area (Å²) >= 11 is 3.27. The van der Waals surface area contributed by atoms with Crippen LogP contribution in [0.1, 0.15) is 0 Å². The zero-order chi connectivity index (χ0) is 19.2. The average Bonchev–Trinajstić information content (AvgIpc) is 2.64. The molecule has 0 saturated carbocycles. The first kappa shape index (κ1) is 19.3. The van der Waals surface area contributed by atoms with E-state index in [1.54, 1.807) is 12.1 Å². The Morgan fingerprint density at radius 2 is 1.81 bits per heavy atom. The molecule has 0 aliphatic rings. The van der Waals surface area contributed by atoms with E-state index >= 15 is 0 Å². The molecule has 0 spiro atoms. The Morgan fingerprint density at radius 1 is 1.04 bits per heavy atom. The SMILES string of the molecule is CN(C)CCNc1nc(Nc2ccc(Br)cc2F)cc(-c2ccccc2)n1. The molecule has 2 aromatic carbocycles. The lowest BCUT2D eigenvalue weighted by molar-refractivity contribution is 0.425. The van der Waals surface area contributed by atoms with Crippen molar-refractivity contribution in [3.05, 3.63) is 64.9 Å². The number of hydrogen-bond donors (Lipinski definition) is 2. The number of benzene rings is 2. The number of nitrogens with zero attached hydrogens (tertiary/aromatic N) is 3. The van der Waals surface area contributed by atoms with Gasteiger partial charge in [0.25, 0.3) is 0 Å². The van der Waals surface area contributed by atoms with Crippen LogP contribution in [0, 0.1) is 5.82 Å². The first-order valence-electron chi connectivity index (χ1n) is 8.56. The van der Waals surface area contributed by atoms with Crippen LogP contribution in [0.4, 0.5) is 21.8 Å². The first-order chi connectivity index (χ1) is 13.0. The van der Waals surface area contributed by atoms with Crippen molar-refractivity contribution in [2.45, 2.75) is 0 Å². The van der Waals surface area contributed by atoms with Crippen molar-refractivity contribution >= 4 is 33.4 Å². The molecule has 2 N–H and O–H groups in total. The normalized spacial score (nSPS) is 10.9. The third kappa shape index (κ3) is 5.48. The molecule has 0 radical (unpaired) electrons. The van der Waals surface area contributed by atoms with Gasteiger partial charge in [0.15, 0.2) is 0 Å². The highest BCUT2D eigenvalue weighted by atomic mass is 79.9. The van der Waals surface area contributed by atoms with Crippen molar-refractivity contribution in [2.75, 3.05) is 37.8 Å². The van der Waals surface area contributed by atoms with Crippen LogP contribution in [0.25, 0.3) is 11.3 Å². The summed E-state index contributed by atoms with van der Waals surface area (Å²) < 4.78 is 14.9. The van der Waals surface area contributed by atoms with Crippen molar-refractivity contribution in [1.29, 1.82) is 0 Å². The van der Waals surface area contributed by atoms with Crippen LogP contribution < -0.4 is 10.6 Å². The van der Waals surface area contributed by atoms with E-state index in [0.29, 0.717) is 28.5 Å². The van der Waals surface area contributed by atoms with E-state index in [1.165, 1.54) is 6.07 Å². The molecule has 3 rings (SSSR count). The molecule has 140 valence electrons. The quantitative estimate of drug-likeness (QED) is 0.566. The van der Waals surface area contributed by atoms with Crippen LogP contribution in [0.5, 0.6) is 0 Å². The molecule has 0 amide bonds. The summed E-state index contributed by atoms with van der Waals surface area (Å²) in [5.41, 5.74) is 2.09. The molecule has 27 heavy (non-hydrogen) atoms. The van der Waals surface area contributed by atoms with E-state index < -0.39 is 0 Å². The molecule has 0 atom stereocenters. The largest absolute Gasteiger partial charge is 0.353 e. The molecule has 0 aliphatic carbocycles. The minimum absolute atomic E-state index is 0.355. The molecule has 1 aromatic heterocycles. The van der Waals surface area contributed by atoms with Gasteiger partial charge >= 0.3 is 0 Å². The number of aromatic nitrogens is 2. The van der Waals surface area contributed by atoms with Crippen molar-refractivity contribution in [3.8, 4) is 11.3 Å². The van der Waals surface area contributed by atoms with Gasteiger partial charge in [-0.25, -0.2) is 9.37 Å². The number of hydrogen-bond acceptors (Lipinski definition) is 5. The van der Waals surface area contributed by atoms with E-state index in [9.17, 15) is 4.39 Å². The summed E-state index contributed by atoms with van der Waals surface area (Å²) in [5, 5.41) is 6.28. The third-order valence-corrected chi connectivity index (χ3v) is 4.32. The summed E-state index contributed by atoms with van der Waals surface area (Å²) in [6.07, 6.45) is 0. The third-order valence-electron chi connectivity index (χ3n) is 3.83. The molecule has 0 fully saturated rings. The molecule has 0 unspecified atom stereocenters. The Hall–Kier alpha value is -2.51. The number of anilines is 3. The molecule has 3 aromatic rings. The summed E-state index contributed by atoms with van der Waals surface area (Å²) in [5.74, 6) is 0.669. The number of likely N-dealkylation sites (N-methyl/N-ethyl adjacent to an activating group) is 1. The number of halogens is 2. The second-order valence-corrected chi connectivity index (χ2v) is 7.22. The second-order valence-electron chi connectivity index (χ2n) is 6.31. The molecular formula is C20H21BrFN5. The summed E-state index contributed by atoms with van der Waals surface area (Å²) in [6, 6.07) is 16.5. The topological polar surface area (TPSA) is 53.1 Å². The van der Waals surface area contributed by atoms with Gasteiger partial charge in [0.05, 0.1) is 11.4 Å². The van der Waals surface area contributed by atoms with E-state index in [0.717, 1.165) is 17.8 Å². The van der Waals surface area contributed by atoms with E-state index in [2.05, 4.69) is 41.4 Å². The van der Waals surface area contributed by atoms with Gasteiger partial charge in [-0.3, -0.25) is 0 Å². The Morgan fingerprint density at radius 3 is 2.52 bits per heavy atom. The Kier molecular flexibility index (Phi) is 6.36. The van der Waals surface area contributed by atoms with Crippen LogP contribution in [0.2, 0.25) is 0 Å². The van der Waals surface area contributed by atoms with Crippen LogP contribution in [-0.2, 0) is 0 Å². The molecule has 7 heteroatoms. The van der Waals surface area contributed by atoms with Crippen LogP contribution in [0.3, 0.4) is 0 Å². The molecule has 1 heterocycles. The minimum atomic E-state index is -0.355. The lowest BCUT2D eigenvalue weighted by Crippen LogP contribution is -2.21. The molecule has 0 bridgehead atoms. The van der Waals surface area contributed by atoms with Gasteiger partial charge < -0.3 is 15.5 Å². The zero-order valence-electron chi connectivity index (χ0n) is 15.2. The lowest BCUT2D eigenvalue weighted by Gasteiger charge is -2.13. The molecular weight excluding hydrogens is 409 g/mol. The fourth-order valence-corrected chi connectivity index (χ4v) is 2.80. The lowest BCUT2D eigenvalue weighted by atomic mass is 10.1. The van der Waals surface area contributed by atoms with Gasteiger partial charge in [-0.1, -0.05) is 46.3 Å². The first-order valence-corrected chi connectivity index (χ1v) is 9.36. The monoisotopic (exact) mass is 429 g/mol. The predicted molar refractivity (Wildman–Crippen MR) is 112 cm³/mol. The van der Waals surface area contributed by atoms with E-state index in [1.807, 2.05) is 50.5 Å². The smallest absolute Gasteiger partial charge is 0.225 e. The fraction of sp³-hybridized carbons (Fsp3) is 0.200. The number of rotatable bonds is 7. The zero-order valence-corrected chi connectivity index (χ0v) is 16.8. The van der Waals surface area contributed by atoms with E-state index in [4.69, 9.17) is 0 Å². The Bertz CT molecular complexity index is 902. The van der Waals surface area contributed by atoms with Gasteiger partial charge in [-0.15, -0.1) is 0 Å². The summed E-state index contributed by atoms with van der Waals surface area (Å²) in [6.45, 7) is 1.56. The maximum absolute atomic E-state index is 14.2. The highest BCUT2D eigenvalue weighted by Gasteiger charge is 2.09. The molecule has 0 saturated heterocycles. The second kappa shape index (κ2) is 8.92. The van der Waals surface area contributed by atoms with E-state index in [-0.39, 0.29) is 5.82 Å². The standard InChI is InChI=1S/C20H21BrFN5/c1-27(2)11-10-23-20-25-18(14-6-4-3-5-7-14)13-19(26-20)24-17-9-8-15(21)12-16(17)22/h3-9,12-13H,10-11H2,1-2H3,(H2,23,24,25,26). The van der Waals surface area contributed by atoms with Crippen molar-refractivity contribution in [2.24, 2.45) is 0 Å². The van der Waals surface area contributed by atoms with Gasteiger partial charge in [-0.2, -0.15) is 4.98 Å². The van der Waals surface area contributed by atoms with Crippen molar-refractivity contribution in [1.82, 2.24) is 14.9 Å². The van der Waals surface area contributed by atoms with Gasteiger partial charge in [0, 0.05) is 29.2 Å². The average molecular weight is 430 g/mol.